The molecule has 0 saturated heterocycles. The fraction of sp³-hybridized carbons (Fsp3) is 0.720. The highest BCUT2D eigenvalue weighted by Gasteiger charge is 2.14. The molecule has 0 heterocycles. The zero-order chi connectivity index (χ0) is 20.3. The molecule has 1 rings (SSSR count). The van der Waals surface area contributed by atoms with Gasteiger partial charge in [0.05, 0.1) is 5.56 Å². The maximum absolute atomic E-state index is 12.0. The summed E-state index contributed by atoms with van der Waals surface area (Å²) in [5, 5.41) is 0. The number of benzene rings is 1. The molecular weight excluding hydrogens is 348 g/mol. The quantitative estimate of drug-likeness (QED) is 0.144. The van der Waals surface area contributed by atoms with Crippen molar-refractivity contribution in [1.82, 2.24) is 0 Å². The number of unbranched alkanes of at least 4 members (excludes halogenated alkanes) is 11. The SMILES string of the molecule is CCCCCCCCCCCCCCC(CCC)OOC(=O)c1ccccc1. The fourth-order valence-electron chi connectivity index (χ4n) is 3.51. The van der Waals surface area contributed by atoms with Crippen LogP contribution in [0.1, 0.15) is 121 Å². The van der Waals surface area contributed by atoms with Gasteiger partial charge in [0.25, 0.3) is 0 Å². The van der Waals surface area contributed by atoms with E-state index in [0.717, 1.165) is 25.7 Å². The van der Waals surface area contributed by atoms with E-state index in [4.69, 9.17) is 9.78 Å². The van der Waals surface area contributed by atoms with E-state index >= 15 is 0 Å². The van der Waals surface area contributed by atoms with Crippen molar-refractivity contribution >= 4 is 5.97 Å². The van der Waals surface area contributed by atoms with E-state index < -0.39 is 5.97 Å². The summed E-state index contributed by atoms with van der Waals surface area (Å²) in [5.41, 5.74) is 0.531. The first-order chi connectivity index (χ1) is 13.8. The Kier molecular flexibility index (Phi) is 15.6. The molecule has 0 amide bonds. The molecule has 0 saturated carbocycles. The second-order valence-corrected chi connectivity index (χ2v) is 7.92. The van der Waals surface area contributed by atoms with Gasteiger partial charge < -0.3 is 0 Å². The van der Waals surface area contributed by atoms with E-state index in [2.05, 4.69) is 13.8 Å². The van der Waals surface area contributed by atoms with E-state index in [1.165, 1.54) is 70.6 Å². The molecule has 3 heteroatoms. The monoisotopic (exact) mass is 390 g/mol. The number of hydrogen-bond acceptors (Lipinski definition) is 3. The maximum Gasteiger partial charge on any atom is 0.373 e. The molecule has 160 valence electrons. The summed E-state index contributed by atoms with van der Waals surface area (Å²) in [5.74, 6) is -0.406. The molecule has 0 N–H and O–H groups in total. The van der Waals surface area contributed by atoms with Gasteiger partial charge in [0.1, 0.15) is 6.10 Å². The van der Waals surface area contributed by atoms with Crippen LogP contribution >= 0.6 is 0 Å². The molecule has 1 unspecified atom stereocenters. The number of carbonyl (C=O) groups excluding carboxylic acids is 1. The van der Waals surface area contributed by atoms with Crippen molar-refractivity contribution in [3.8, 4) is 0 Å². The van der Waals surface area contributed by atoms with E-state index in [1.54, 1.807) is 12.1 Å². The van der Waals surface area contributed by atoms with Crippen LogP contribution < -0.4 is 0 Å². The Bertz CT molecular complexity index is 472. The van der Waals surface area contributed by atoms with Gasteiger partial charge in [-0.25, -0.2) is 4.79 Å². The van der Waals surface area contributed by atoms with Gasteiger partial charge in [0.2, 0.25) is 0 Å². The Morgan fingerprint density at radius 3 is 1.79 bits per heavy atom. The second-order valence-electron chi connectivity index (χ2n) is 7.92. The van der Waals surface area contributed by atoms with Crippen molar-refractivity contribution < 1.29 is 14.6 Å². The fourth-order valence-corrected chi connectivity index (χ4v) is 3.51. The lowest BCUT2D eigenvalue weighted by Crippen LogP contribution is -2.16. The molecule has 0 radical (unpaired) electrons. The Morgan fingerprint density at radius 2 is 1.25 bits per heavy atom. The Labute approximate surface area is 173 Å². The highest BCUT2D eigenvalue weighted by atomic mass is 17.2. The van der Waals surface area contributed by atoms with Crippen molar-refractivity contribution in [3.05, 3.63) is 35.9 Å². The summed E-state index contributed by atoms with van der Waals surface area (Å²) >= 11 is 0. The lowest BCUT2D eigenvalue weighted by atomic mass is 10.0. The van der Waals surface area contributed by atoms with Crippen LogP contribution in [0.2, 0.25) is 0 Å². The standard InChI is InChI=1S/C25H42O3/c1-3-5-6-7-8-9-10-11-12-13-14-18-22-24(19-4-2)27-28-25(26)23-20-16-15-17-21-23/h15-17,20-21,24H,3-14,18-19,22H2,1-2H3. The Balaban J connectivity index is 2.02. The summed E-state index contributed by atoms with van der Waals surface area (Å²) in [6.45, 7) is 4.41. The van der Waals surface area contributed by atoms with E-state index in [0.29, 0.717) is 5.56 Å². The van der Waals surface area contributed by atoms with Gasteiger partial charge in [-0.1, -0.05) is 116 Å². The predicted octanol–water partition coefficient (Wildman–Crippen LogP) is 8.03. The minimum atomic E-state index is -0.406. The van der Waals surface area contributed by atoms with Gasteiger partial charge in [-0.15, -0.1) is 0 Å². The summed E-state index contributed by atoms with van der Waals surface area (Å²) in [6, 6.07) is 9.02. The minimum absolute atomic E-state index is 0.0146. The molecule has 0 aliphatic heterocycles. The molecule has 0 bridgehead atoms. The molecule has 1 atom stereocenters. The zero-order valence-corrected chi connectivity index (χ0v) is 18.3. The van der Waals surface area contributed by atoms with E-state index in [9.17, 15) is 4.79 Å². The minimum Gasteiger partial charge on any atom is -0.293 e. The Morgan fingerprint density at radius 1 is 0.714 bits per heavy atom. The van der Waals surface area contributed by atoms with Crippen LogP contribution in [0.5, 0.6) is 0 Å². The molecule has 0 spiro atoms. The van der Waals surface area contributed by atoms with Gasteiger partial charge >= 0.3 is 5.97 Å². The van der Waals surface area contributed by atoms with E-state index in [-0.39, 0.29) is 6.10 Å². The summed E-state index contributed by atoms with van der Waals surface area (Å²) in [7, 11) is 0. The summed E-state index contributed by atoms with van der Waals surface area (Å²) in [4.78, 5) is 22.5. The van der Waals surface area contributed by atoms with Crippen LogP contribution in [0.3, 0.4) is 0 Å². The third-order valence-corrected chi connectivity index (χ3v) is 5.26. The summed E-state index contributed by atoms with van der Waals surface area (Å²) in [6.07, 6.45) is 19.1. The van der Waals surface area contributed by atoms with Crippen molar-refractivity contribution in [2.75, 3.05) is 0 Å². The number of carbonyl (C=O) groups is 1. The first kappa shape index (κ1) is 24.7. The largest absolute Gasteiger partial charge is 0.373 e. The van der Waals surface area contributed by atoms with E-state index in [1.807, 2.05) is 18.2 Å². The third kappa shape index (κ3) is 12.9. The van der Waals surface area contributed by atoms with Gasteiger partial charge in [0, 0.05) is 0 Å². The first-order valence-corrected chi connectivity index (χ1v) is 11.7. The molecule has 0 fully saturated rings. The lowest BCUT2D eigenvalue weighted by Gasteiger charge is -2.15. The topological polar surface area (TPSA) is 35.5 Å². The normalized spacial score (nSPS) is 12.1. The Hall–Kier alpha value is -1.35. The zero-order valence-electron chi connectivity index (χ0n) is 18.3. The molecule has 1 aromatic rings. The van der Waals surface area contributed by atoms with Crippen molar-refractivity contribution in [1.29, 1.82) is 0 Å². The summed E-state index contributed by atoms with van der Waals surface area (Å²) < 4.78 is 0. The molecule has 1 aromatic carbocycles. The van der Waals surface area contributed by atoms with Crippen molar-refractivity contribution in [2.45, 2.75) is 116 Å². The highest BCUT2D eigenvalue weighted by molar-refractivity contribution is 5.88. The van der Waals surface area contributed by atoms with Crippen LogP contribution in [-0.4, -0.2) is 12.1 Å². The van der Waals surface area contributed by atoms with Crippen LogP contribution in [0.25, 0.3) is 0 Å². The lowest BCUT2D eigenvalue weighted by molar-refractivity contribution is -0.277. The molecule has 0 aromatic heterocycles. The molecule has 0 aliphatic carbocycles. The third-order valence-electron chi connectivity index (χ3n) is 5.26. The first-order valence-electron chi connectivity index (χ1n) is 11.7. The number of rotatable bonds is 18. The molecule has 0 aliphatic rings. The van der Waals surface area contributed by atoms with Crippen molar-refractivity contribution in [2.24, 2.45) is 0 Å². The number of hydrogen-bond donors (Lipinski definition) is 0. The van der Waals surface area contributed by atoms with Gasteiger partial charge in [-0.3, -0.25) is 4.89 Å². The molecule has 28 heavy (non-hydrogen) atoms. The average molecular weight is 391 g/mol. The smallest absolute Gasteiger partial charge is 0.293 e. The van der Waals surface area contributed by atoms with Crippen LogP contribution in [0, 0.1) is 0 Å². The molecular formula is C25H42O3. The second kappa shape index (κ2) is 17.7. The maximum atomic E-state index is 12.0. The van der Waals surface area contributed by atoms with Crippen LogP contribution in [-0.2, 0) is 9.78 Å². The van der Waals surface area contributed by atoms with Crippen LogP contribution in [0.15, 0.2) is 30.3 Å². The van der Waals surface area contributed by atoms with Crippen molar-refractivity contribution in [3.63, 3.8) is 0 Å². The van der Waals surface area contributed by atoms with Gasteiger partial charge in [-0.05, 0) is 25.0 Å². The van der Waals surface area contributed by atoms with Crippen LogP contribution in [0.4, 0.5) is 0 Å². The van der Waals surface area contributed by atoms with Gasteiger partial charge in [0.15, 0.2) is 0 Å². The van der Waals surface area contributed by atoms with Gasteiger partial charge in [-0.2, -0.15) is 4.89 Å². The highest BCUT2D eigenvalue weighted by Crippen LogP contribution is 2.16. The molecule has 3 nitrogen and oxygen atoms in total. The predicted molar refractivity (Wildman–Crippen MR) is 117 cm³/mol. The average Bonchev–Trinajstić information content (AvgIpc) is 2.73.